The van der Waals surface area contributed by atoms with Crippen molar-refractivity contribution in [2.24, 2.45) is 0 Å². The smallest absolute Gasteiger partial charge is 0.167 e. The number of thiocarbonyl (C=S) groups is 2. The Balaban J connectivity index is 2.33. The predicted octanol–water partition coefficient (Wildman–Crippen LogP) is 8.01. The highest BCUT2D eigenvalue weighted by Gasteiger charge is 2.43. The summed E-state index contributed by atoms with van der Waals surface area (Å²) in [6.07, 6.45) is 21.1. The van der Waals surface area contributed by atoms with Crippen LogP contribution in [0.15, 0.2) is 0 Å². The quantitative estimate of drug-likeness (QED) is 0.0969. The molecule has 0 unspecified atom stereocenters. The fourth-order valence-electron chi connectivity index (χ4n) is 4.87. The van der Waals surface area contributed by atoms with Crippen LogP contribution in [0.1, 0.15) is 142 Å². The molecule has 37 heavy (non-hydrogen) atoms. The summed E-state index contributed by atoms with van der Waals surface area (Å²) in [5, 5.41) is 21.4. The molecule has 1 aliphatic heterocycles. The summed E-state index contributed by atoms with van der Waals surface area (Å²) in [5.41, 5.74) is 0. The molecule has 0 aromatic carbocycles. The highest BCUT2D eigenvalue weighted by molar-refractivity contribution is 7.80. The fraction of sp³-hybridized carbons (Fsp3) is 0.933. The minimum atomic E-state index is -0.871. The first-order valence-electron chi connectivity index (χ1n) is 15.3. The van der Waals surface area contributed by atoms with Crippen molar-refractivity contribution in [1.82, 2.24) is 0 Å². The molecule has 5 nitrogen and oxygen atoms in total. The van der Waals surface area contributed by atoms with Gasteiger partial charge in [0.15, 0.2) is 22.3 Å². The highest BCUT2D eigenvalue weighted by atomic mass is 32.1. The summed E-state index contributed by atoms with van der Waals surface area (Å²) >= 11 is 11.0. The van der Waals surface area contributed by atoms with E-state index >= 15 is 0 Å². The van der Waals surface area contributed by atoms with Gasteiger partial charge in [0.25, 0.3) is 0 Å². The van der Waals surface area contributed by atoms with Crippen LogP contribution in [-0.4, -0.2) is 57.9 Å². The molecule has 0 radical (unpaired) electrons. The molecule has 0 spiro atoms. The zero-order valence-electron chi connectivity index (χ0n) is 23.8. The minimum Gasteiger partial charge on any atom is -0.477 e. The van der Waals surface area contributed by atoms with Crippen molar-refractivity contribution in [2.45, 2.75) is 167 Å². The molecule has 0 bridgehead atoms. The molecular formula is C30H56O5S2. The topological polar surface area (TPSA) is 68.2 Å². The maximum Gasteiger partial charge on any atom is 0.167 e. The standard InChI is InChI=1S/C30H56O5S2/c1-3-5-7-9-11-13-15-17-19-21-27(36)34-29-25(32)24-33-26(23-31)30(29)35-28(37)22-20-18-16-14-12-10-8-6-4-2/h25-26,29-32H,3-24H2,1-2H3/t25-,26+,29+,30+/m1/s1. The monoisotopic (exact) mass is 560 g/mol. The van der Waals surface area contributed by atoms with Crippen LogP contribution in [0.25, 0.3) is 0 Å². The van der Waals surface area contributed by atoms with E-state index in [2.05, 4.69) is 13.8 Å². The molecule has 0 amide bonds. The van der Waals surface area contributed by atoms with Gasteiger partial charge in [0, 0.05) is 12.8 Å². The van der Waals surface area contributed by atoms with E-state index in [1.54, 1.807) is 0 Å². The average Bonchev–Trinajstić information content (AvgIpc) is 2.89. The number of hydrogen-bond donors (Lipinski definition) is 2. The minimum absolute atomic E-state index is 0.0847. The third kappa shape index (κ3) is 17.1. The second kappa shape index (κ2) is 23.5. The molecule has 0 saturated carbocycles. The van der Waals surface area contributed by atoms with E-state index in [1.807, 2.05) is 0 Å². The molecule has 0 aromatic rings. The Hall–Kier alpha value is -0.340. The van der Waals surface area contributed by atoms with Crippen LogP contribution in [0, 0.1) is 0 Å². The fourth-order valence-corrected chi connectivity index (χ4v) is 5.38. The molecule has 1 heterocycles. The van der Waals surface area contributed by atoms with E-state index in [1.165, 1.54) is 89.9 Å². The molecule has 2 N–H and O–H groups in total. The Labute approximate surface area is 238 Å². The SMILES string of the molecule is CCCCCCCCCCCC(=S)O[C@@H]1[C@@H](OC(=S)CCCCCCCCCCC)[C@H](CO)OC[C@H]1O. The molecule has 1 aliphatic rings. The number of aliphatic hydroxyl groups excluding tert-OH is 2. The molecule has 1 fully saturated rings. The number of ether oxygens (including phenoxy) is 3. The summed E-state index contributed by atoms with van der Waals surface area (Å²) in [6.45, 7) is 4.36. The largest absolute Gasteiger partial charge is 0.477 e. The number of aliphatic hydroxyl groups is 2. The van der Waals surface area contributed by atoms with Crippen molar-refractivity contribution < 1.29 is 24.4 Å². The first kappa shape index (κ1) is 34.7. The first-order chi connectivity index (χ1) is 18.0. The van der Waals surface area contributed by atoms with E-state index in [0.717, 1.165) is 25.7 Å². The van der Waals surface area contributed by atoms with E-state index in [0.29, 0.717) is 22.9 Å². The molecule has 1 rings (SSSR count). The van der Waals surface area contributed by atoms with Crippen molar-refractivity contribution in [2.75, 3.05) is 13.2 Å². The summed E-state index contributed by atoms with van der Waals surface area (Å²) in [5.74, 6) is 0. The van der Waals surface area contributed by atoms with Gasteiger partial charge < -0.3 is 24.4 Å². The van der Waals surface area contributed by atoms with Gasteiger partial charge in [-0.15, -0.1) is 0 Å². The van der Waals surface area contributed by atoms with Gasteiger partial charge >= 0.3 is 0 Å². The van der Waals surface area contributed by atoms with E-state index < -0.39 is 24.4 Å². The van der Waals surface area contributed by atoms with E-state index in [4.69, 9.17) is 38.6 Å². The van der Waals surface area contributed by atoms with Gasteiger partial charge in [-0.1, -0.05) is 117 Å². The highest BCUT2D eigenvalue weighted by Crippen LogP contribution is 2.24. The maximum atomic E-state index is 10.6. The van der Waals surface area contributed by atoms with Gasteiger partial charge in [0.1, 0.15) is 12.2 Å². The van der Waals surface area contributed by atoms with Gasteiger partial charge in [0.05, 0.1) is 13.2 Å². The van der Waals surface area contributed by atoms with Crippen LogP contribution in [0.5, 0.6) is 0 Å². The van der Waals surface area contributed by atoms with E-state index in [9.17, 15) is 10.2 Å². The van der Waals surface area contributed by atoms with Crippen molar-refractivity contribution >= 4 is 34.5 Å². The Morgan fingerprint density at radius 3 is 1.43 bits per heavy atom. The zero-order chi connectivity index (χ0) is 27.1. The van der Waals surface area contributed by atoms with Crippen molar-refractivity contribution in [1.29, 1.82) is 0 Å². The van der Waals surface area contributed by atoms with Crippen LogP contribution in [0.2, 0.25) is 0 Å². The van der Waals surface area contributed by atoms with Crippen LogP contribution >= 0.6 is 24.4 Å². The Bertz CT molecular complexity index is 574. The predicted molar refractivity (Wildman–Crippen MR) is 161 cm³/mol. The molecule has 4 atom stereocenters. The lowest BCUT2D eigenvalue weighted by molar-refractivity contribution is -0.185. The summed E-state index contributed by atoms with van der Waals surface area (Å²) < 4.78 is 17.7. The lowest BCUT2D eigenvalue weighted by Gasteiger charge is -2.40. The number of unbranched alkanes of at least 4 members (excludes halogenated alkanes) is 16. The summed E-state index contributed by atoms with van der Waals surface area (Å²) in [6, 6.07) is 0. The maximum absolute atomic E-state index is 10.6. The molecule has 0 aliphatic carbocycles. The van der Waals surface area contributed by atoms with Crippen LogP contribution in [0.4, 0.5) is 0 Å². The van der Waals surface area contributed by atoms with Crippen molar-refractivity contribution in [3.05, 3.63) is 0 Å². The Morgan fingerprint density at radius 1 is 0.649 bits per heavy atom. The second-order valence-electron chi connectivity index (χ2n) is 10.7. The number of hydrogen-bond acceptors (Lipinski definition) is 7. The molecule has 7 heteroatoms. The van der Waals surface area contributed by atoms with Crippen LogP contribution < -0.4 is 0 Å². The van der Waals surface area contributed by atoms with Gasteiger partial charge in [0.2, 0.25) is 0 Å². The molecule has 1 saturated heterocycles. The average molecular weight is 561 g/mol. The zero-order valence-corrected chi connectivity index (χ0v) is 25.4. The van der Waals surface area contributed by atoms with E-state index in [-0.39, 0.29) is 13.2 Å². The third-order valence-corrected chi connectivity index (χ3v) is 7.84. The molecule has 218 valence electrons. The first-order valence-corrected chi connectivity index (χ1v) is 16.1. The summed E-state index contributed by atoms with van der Waals surface area (Å²) in [7, 11) is 0. The summed E-state index contributed by atoms with van der Waals surface area (Å²) in [4.78, 5) is 0. The van der Waals surface area contributed by atoms with Gasteiger partial charge in [-0.05, 0) is 37.3 Å². The lowest BCUT2D eigenvalue weighted by Crippen LogP contribution is -2.57. The Morgan fingerprint density at radius 2 is 1.03 bits per heavy atom. The van der Waals surface area contributed by atoms with Crippen molar-refractivity contribution in [3.63, 3.8) is 0 Å². The normalized spacial score (nSPS) is 21.6. The van der Waals surface area contributed by atoms with Gasteiger partial charge in [-0.2, -0.15) is 0 Å². The van der Waals surface area contributed by atoms with Gasteiger partial charge in [-0.3, -0.25) is 0 Å². The number of rotatable bonds is 23. The Kier molecular flexibility index (Phi) is 22.1. The third-order valence-electron chi connectivity index (χ3n) is 7.23. The molecular weight excluding hydrogens is 504 g/mol. The second-order valence-corrected chi connectivity index (χ2v) is 11.6. The van der Waals surface area contributed by atoms with Crippen LogP contribution in [-0.2, 0) is 14.2 Å². The van der Waals surface area contributed by atoms with Gasteiger partial charge in [-0.25, -0.2) is 0 Å². The lowest BCUT2D eigenvalue weighted by atomic mass is 9.99. The molecule has 0 aromatic heterocycles. The van der Waals surface area contributed by atoms with Crippen molar-refractivity contribution in [3.8, 4) is 0 Å². The van der Waals surface area contributed by atoms with Crippen LogP contribution in [0.3, 0.4) is 0 Å².